The van der Waals surface area contributed by atoms with Crippen LogP contribution in [0.1, 0.15) is 11.5 Å². The maximum Gasteiger partial charge on any atom is 0.258 e. The maximum atomic E-state index is 12.0. The van der Waals surface area contributed by atoms with Gasteiger partial charge in [-0.1, -0.05) is 18.2 Å². The van der Waals surface area contributed by atoms with E-state index in [0.717, 1.165) is 11.2 Å². The van der Waals surface area contributed by atoms with Crippen LogP contribution >= 0.6 is 0 Å². The number of aromatic nitrogens is 3. The average molecular weight is 252 g/mol. The summed E-state index contributed by atoms with van der Waals surface area (Å²) in [7, 11) is 0. The van der Waals surface area contributed by atoms with Gasteiger partial charge in [0.15, 0.2) is 17.7 Å². The summed E-state index contributed by atoms with van der Waals surface area (Å²) in [4.78, 5) is 19.3. The van der Waals surface area contributed by atoms with Crippen LogP contribution in [-0.2, 0) is 6.54 Å². The summed E-state index contributed by atoms with van der Waals surface area (Å²) in [6, 6.07) is 13.4. The van der Waals surface area contributed by atoms with E-state index >= 15 is 0 Å². The molecule has 1 N–H and O–H groups in total. The van der Waals surface area contributed by atoms with E-state index in [0.29, 0.717) is 17.8 Å². The Morgan fingerprint density at radius 1 is 1.16 bits per heavy atom. The first-order valence-electron chi connectivity index (χ1n) is 6.17. The highest BCUT2D eigenvalue weighted by Gasteiger charge is 2.09. The number of pyridine rings is 1. The van der Waals surface area contributed by atoms with Crippen molar-refractivity contribution in [2.75, 3.05) is 0 Å². The molecule has 2 aromatic heterocycles. The lowest BCUT2D eigenvalue weighted by atomic mass is 10.2. The molecule has 0 atom stereocenters. The lowest BCUT2D eigenvalue weighted by molar-refractivity contribution is -0.695. The van der Waals surface area contributed by atoms with Gasteiger partial charge in [-0.15, -0.1) is 0 Å². The Hall–Kier alpha value is -2.49. The molecule has 0 amide bonds. The van der Waals surface area contributed by atoms with E-state index in [9.17, 15) is 4.79 Å². The number of rotatable bonds is 2. The van der Waals surface area contributed by atoms with E-state index in [4.69, 9.17) is 0 Å². The van der Waals surface area contributed by atoms with Crippen molar-refractivity contribution >= 4 is 10.9 Å². The third-order valence-corrected chi connectivity index (χ3v) is 3.15. The zero-order valence-electron chi connectivity index (χ0n) is 10.6. The first-order valence-corrected chi connectivity index (χ1v) is 6.17. The smallest absolute Gasteiger partial charge is 0.258 e. The fourth-order valence-corrected chi connectivity index (χ4v) is 2.11. The molecule has 0 unspecified atom stereocenters. The Labute approximate surface area is 110 Å². The van der Waals surface area contributed by atoms with Gasteiger partial charge >= 0.3 is 0 Å². The first-order chi connectivity index (χ1) is 9.24. The lowest BCUT2D eigenvalue weighted by Crippen LogP contribution is -2.38. The monoisotopic (exact) mass is 252 g/mol. The summed E-state index contributed by atoms with van der Waals surface area (Å²) in [5, 5.41) is 0.626. The van der Waals surface area contributed by atoms with Crippen LogP contribution in [0, 0.1) is 6.92 Å². The van der Waals surface area contributed by atoms with Gasteiger partial charge in [0, 0.05) is 19.1 Å². The largest absolute Gasteiger partial charge is 0.305 e. The van der Waals surface area contributed by atoms with Crippen LogP contribution in [-0.4, -0.2) is 9.97 Å². The molecule has 0 spiro atoms. The molecule has 94 valence electrons. The number of nitrogens with one attached hydrogen (secondary N) is 1. The number of hydrogen-bond donors (Lipinski definition) is 1. The second-order valence-electron chi connectivity index (χ2n) is 4.50. The number of hydrogen-bond acceptors (Lipinski definition) is 2. The lowest BCUT2D eigenvalue weighted by Gasteiger charge is -2.02. The zero-order chi connectivity index (χ0) is 13.2. The summed E-state index contributed by atoms with van der Waals surface area (Å²) in [6.45, 7) is 2.59. The van der Waals surface area contributed by atoms with Crippen LogP contribution in [0.2, 0.25) is 0 Å². The van der Waals surface area contributed by atoms with Crippen molar-refractivity contribution in [1.82, 2.24) is 9.97 Å². The zero-order valence-corrected chi connectivity index (χ0v) is 10.6. The highest BCUT2D eigenvalue weighted by Crippen LogP contribution is 2.05. The SMILES string of the molecule is Cc1cccc[n+]1Cc1nc2ccccc2c(=O)[nH]1. The molecule has 19 heavy (non-hydrogen) atoms. The molecule has 3 aromatic rings. The number of benzene rings is 1. The Kier molecular flexibility index (Phi) is 2.83. The summed E-state index contributed by atoms with van der Waals surface area (Å²) < 4.78 is 2.05. The minimum absolute atomic E-state index is 0.0882. The predicted octanol–water partition coefficient (Wildman–Crippen LogP) is 1.57. The standard InChI is InChI=1S/C15H13N3O/c1-11-6-4-5-9-18(11)10-14-16-13-8-3-2-7-12(13)15(19)17-14/h2-9H,10H2,1H3/p+1. The molecular weight excluding hydrogens is 238 g/mol. The molecule has 3 rings (SSSR count). The number of aryl methyl sites for hydroxylation is 1. The minimum atomic E-state index is -0.0882. The van der Waals surface area contributed by atoms with Gasteiger partial charge in [-0.2, -0.15) is 4.57 Å². The molecule has 1 aromatic carbocycles. The van der Waals surface area contributed by atoms with Crippen LogP contribution < -0.4 is 10.1 Å². The van der Waals surface area contributed by atoms with Crippen LogP contribution in [0.15, 0.2) is 53.5 Å². The fraction of sp³-hybridized carbons (Fsp3) is 0.133. The highest BCUT2D eigenvalue weighted by molar-refractivity contribution is 5.77. The van der Waals surface area contributed by atoms with E-state index < -0.39 is 0 Å². The van der Waals surface area contributed by atoms with Crippen LogP contribution in [0.3, 0.4) is 0 Å². The van der Waals surface area contributed by atoms with E-state index in [1.54, 1.807) is 6.07 Å². The molecule has 0 radical (unpaired) electrons. The van der Waals surface area contributed by atoms with E-state index in [-0.39, 0.29) is 5.56 Å². The third-order valence-electron chi connectivity index (χ3n) is 3.15. The average Bonchev–Trinajstić information content (AvgIpc) is 2.42. The second-order valence-corrected chi connectivity index (χ2v) is 4.50. The van der Waals surface area contributed by atoms with Gasteiger partial charge in [0.1, 0.15) is 0 Å². The van der Waals surface area contributed by atoms with Crippen molar-refractivity contribution in [2.45, 2.75) is 13.5 Å². The molecule has 0 fully saturated rings. The van der Waals surface area contributed by atoms with Crippen molar-refractivity contribution in [2.24, 2.45) is 0 Å². The van der Waals surface area contributed by atoms with Gasteiger partial charge in [0.2, 0.25) is 6.54 Å². The van der Waals surface area contributed by atoms with Gasteiger partial charge in [-0.3, -0.25) is 4.79 Å². The number of aromatic amines is 1. The topological polar surface area (TPSA) is 49.6 Å². The number of nitrogens with zero attached hydrogens (tertiary/aromatic N) is 2. The van der Waals surface area contributed by atoms with Crippen molar-refractivity contribution < 1.29 is 4.57 Å². The minimum Gasteiger partial charge on any atom is -0.305 e. The summed E-state index contributed by atoms with van der Waals surface area (Å²) in [5.41, 5.74) is 1.77. The Morgan fingerprint density at radius 3 is 2.79 bits per heavy atom. The van der Waals surface area contributed by atoms with Gasteiger partial charge in [0.05, 0.1) is 10.9 Å². The third kappa shape index (κ3) is 2.25. The molecule has 0 aliphatic heterocycles. The highest BCUT2D eigenvalue weighted by atomic mass is 16.1. The summed E-state index contributed by atoms with van der Waals surface area (Å²) in [6.07, 6.45) is 1.98. The van der Waals surface area contributed by atoms with Crippen LogP contribution in [0.25, 0.3) is 10.9 Å². The van der Waals surface area contributed by atoms with Gasteiger partial charge in [-0.05, 0) is 12.1 Å². The molecule has 0 aliphatic carbocycles. The first kappa shape index (κ1) is 11.6. The molecule has 0 aliphatic rings. The molecule has 4 heteroatoms. The van der Waals surface area contributed by atoms with Gasteiger partial charge in [-0.25, -0.2) is 4.98 Å². The Bertz CT molecular complexity index is 792. The molecule has 0 saturated heterocycles. The van der Waals surface area contributed by atoms with Crippen LogP contribution in [0.4, 0.5) is 0 Å². The normalized spacial score (nSPS) is 10.8. The fourth-order valence-electron chi connectivity index (χ4n) is 2.11. The van der Waals surface area contributed by atoms with Gasteiger partial charge in [0.25, 0.3) is 5.56 Å². The molecule has 2 heterocycles. The summed E-state index contributed by atoms with van der Waals surface area (Å²) in [5.74, 6) is 0.669. The molecule has 0 bridgehead atoms. The Morgan fingerprint density at radius 2 is 1.95 bits per heavy atom. The number of H-pyrrole nitrogens is 1. The van der Waals surface area contributed by atoms with E-state index in [2.05, 4.69) is 9.97 Å². The van der Waals surface area contributed by atoms with Gasteiger partial charge < -0.3 is 4.98 Å². The number of para-hydroxylation sites is 1. The Balaban J connectivity index is 2.07. The van der Waals surface area contributed by atoms with Crippen molar-refractivity contribution in [3.63, 3.8) is 0 Å². The maximum absolute atomic E-state index is 12.0. The quantitative estimate of drug-likeness (QED) is 0.704. The van der Waals surface area contributed by atoms with E-state index in [1.165, 1.54) is 0 Å². The predicted molar refractivity (Wildman–Crippen MR) is 72.8 cm³/mol. The van der Waals surface area contributed by atoms with E-state index in [1.807, 2.05) is 54.1 Å². The second kappa shape index (κ2) is 4.65. The van der Waals surface area contributed by atoms with Crippen molar-refractivity contribution in [3.8, 4) is 0 Å². The van der Waals surface area contributed by atoms with Crippen LogP contribution in [0.5, 0.6) is 0 Å². The molecular formula is C15H14N3O+. The van der Waals surface area contributed by atoms with Crippen molar-refractivity contribution in [3.05, 3.63) is 70.5 Å². The summed E-state index contributed by atoms with van der Waals surface area (Å²) >= 11 is 0. The molecule has 0 saturated carbocycles. The van der Waals surface area contributed by atoms with Crippen molar-refractivity contribution in [1.29, 1.82) is 0 Å². The number of fused-ring (bicyclic) bond motifs is 1. The molecule has 4 nitrogen and oxygen atoms in total.